The van der Waals surface area contributed by atoms with E-state index in [2.05, 4.69) is 79.9 Å². The van der Waals surface area contributed by atoms with Gasteiger partial charge in [0.1, 0.15) is 12.4 Å². The molecule has 268 valence electrons. The molecule has 2 atom stereocenters. The summed E-state index contributed by atoms with van der Waals surface area (Å²) in [6.45, 7) is 23.4. The number of hydrogen-bond donors (Lipinski definition) is 1. The zero-order valence-corrected chi connectivity index (χ0v) is 31.8. The Morgan fingerprint density at radius 1 is 0.771 bits per heavy atom. The highest BCUT2D eigenvalue weighted by atomic mass is 28.3. The number of ether oxygens (including phenoxy) is 1. The van der Waals surface area contributed by atoms with Crippen LogP contribution < -0.4 is 4.74 Å². The number of alkyl halides is 6. The lowest BCUT2D eigenvalue weighted by atomic mass is 9.77. The molecule has 2 unspecified atom stereocenters. The minimum atomic E-state index is -5.93. The molecule has 0 saturated carbocycles. The monoisotopic (exact) mass is 716 g/mol. The first-order valence-corrected chi connectivity index (χ1v) is 20.7. The van der Waals surface area contributed by atoms with Crippen molar-refractivity contribution in [2.24, 2.45) is 10.8 Å². The lowest BCUT2D eigenvalue weighted by Gasteiger charge is -2.39. The minimum Gasteiger partial charge on any atom is -0.489 e. The zero-order valence-electron chi connectivity index (χ0n) is 29.8. The second-order valence-electron chi connectivity index (χ2n) is 14.5. The van der Waals surface area contributed by atoms with E-state index in [1.165, 1.54) is 0 Å². The van der Waals surface area contributed by atoms with Gasteiger partial charge in [-0.15, -0.1) is 0 Å². The van der Waals surface area contributed by atoms with Crippen molar-refractivity contribution in [1.82, 2.24) is 0 Å². The first-order chi connectivity index (χ1) is 21.8. The van der Waals surface area contributed by atoms with Gasteiger partial charge < -0.3 is 18.7 Å². The maximum atomic E-state index is 13.1. The van der Waals surface area contributed by atoms with Crippen LogP contribution in [0.5, 0.6) is 5.75 Å². The third-order valence-corrected chi connectivity index (χ3v) is 8.90. The maximum Gasteiger partial charge on any atom is 0.430 e. The van der Waals surface area contributed by atoms with E-state index in [-0.39, 0.29) is 35.7 Å². The third kappa shape index (κ3) is 11.1. The Hall–Kier alpha value is -2.39. The molecular formula is C36H50F6O4Si2. The quantitative estimate of drug-likeness (QED) is 0.127. The van der Waals surface area contributed by atoms with Crippen LogP contribution in [0.3, 0.4) is 0 Å². The van der Waals surface area contributed by atoms with E-state index in [1.54, 1.807) is 31.2 Å². The highest BCUT2D eigenvalue weighted by Crippen LogP contribution is 2.46. The molecule has 12 heteroatoms. The van der Waals surface area contributed by atoms with Crippen LogP contribution in [0.4, 0.5) is 26.3 Å². The van der Waals surface area contributed by atoms with Gasteiger partial charge in [0.15, 0.2) is 0 Å². The summed E-state index contributed by atoms with van der Waals surface area (Å²) in [5.41, 5.74) is -1.31. The van der Waals surface area contributed by atoms with Crippen molar-refractivity contribution in [3.05, 3.63) is 82.9 Å². The molecule has 0 fully saturated rings. The molecule has 0 aliphatic heterocycles. The van der Waals surface area contributed by atoms with E-state index in [0.717, 1.165) is 22.8 Å². The van der Waals surface area contributed by atoms with Gasteiger partial charge in [-0.1, -0.05) is 84.9 Å². The standard InChI is InChI=1S/C36H50F6O4Si2/c1-12-25(16-14-20-34(43,35(37,38)39)36(40,41)42)26-15-13-17-27(22-26)44-23-24-18-19-28(30(32(2,3)4)45-47(8)9)29(21-24)31(33(5,6)7)46-48(10)11/h13-22,30-31,43H,12,23H2,1-11H3. The smallest absolute Gasteiger partial charge is 0.430 e. The molecular weight excluding hydrogens is 667 g/mol. The fraction of sp³-hybridized carbons (Fsp3) is 0.556. The van der Waals surface area contributed by atoms with Gasteiger partial charge in [-0.3, -0.25) is 0 Å². The van der Waals surface area contributed by atoms with Crippen LogP contribution in [0.2, 0.25) is 26.2 Å². The van der Waals surface area contributed by atoms with Crippen molar-refractivity contribution >= 4 is 23.7 Å². The van der Waals surface area contributed by atoms with Crippen LogP contribution in [0.15, 0.2) is 60.7 Å². The molecule has 48 heavy (non-hydrogen) atoms. The Morgan fingerprint density at radius 3 is 1.75 bits per heavy atom. The fourth-order valence-electron chi connectivity index (χ4n) is 5.09. The van der Waals surface area contributed by atoms with Gasteiger partial charge >= 0.3 is 12.4 Å². The summed E-state index contributed by atoms with van der Waals surface area (Å²) in [4.78, 5) is 0. The SMILES string of the molecule is CCC(=CC=CC(O)(C(F)(F)F)C(F)(F)F)c1cccc(OCc2ccc(C(O[Si](C)C)C(C)(C)C)c(C(O[Si](C)C)C(C)(C)C)c2)c1. The van der Waals surface area contributed by atoms with E-state index in [0.29, 0.717) is 29.4 Å². The van der Waals surface area contributed by atoms with Gasteiger partial charge in [-0.25, -0.2) is 0 Å². The Balaban J connectivity index is 2.50. The average molecular weight is 717 g/mol. The predicted octanol–water partition coefficient (Wildman–Crippen LogP) is 11.2. The normalized spacial score (nSPS) is 15.5. The van der Waals surface area contributed by atoms with Crippen molar-refractivity contribution < 1.29 is 45.0 Å². The summed E-state index contributed by atoms with van der Waals surface area (Å²) >= 11 is 0. The molecule has 4 nitrogen and oxygen atoms in total. The number of aliphatic hydroxyl groups is 1. The first kappa shape index (κ1) is 41.8. The van der Waals surface area contributed by atoms with Crippen molar-refractivity contribution in [1.29, 1.82) is 0 Å². The Morgan fingerprint density at radius 2 is 1.29 bits per heavy atom. The van der Waals surface area contributed by atoms with Crippen molar-refractivity contribution in [2.75, 3.05) is 0 Å². The number of benzene rings is 2. The van der Waals surface area contributed by atoms with Gasteiger partial charge in [0.25, 0.3) is 5.60 Å². The number of hydrogen-bond acceptors (Lipinski definition) is 4. The third-order valence-electron chi connectivity index (χ3n) is 7.49. The van der Waals surface area contributed by atoms with Gasteiger partial charge in [-0.05, 0) is 95.5 Å². The lowest BCUT2D eigenvalue weighted by molar-refractivity contribution is -0.347. The molecule has 0 aliphatic rings. The summed E-state index contributed by atoms with van der Waals surface area (Å²) in [6, 6.07) is 13.0. The summed E-state index contributed by atoms with van der Waals surface area (Å²) in [5.74, 6) is 0.472. The molecule has 2 radical (unpaired) electrons. The summed E-state index contributed by atoms with van der Waals surface area (Å²) in [7, 11) is -2.11. The van der Waals surface area contributed by atoms with Crippen LogP contribution in [0, 0.1) is 10.8 Å². The molecule has 0 heterocycles. The van der Waals surface area contributed by atoms with Crippen molar-refractivity contribution in [3.8, 4) is 5.75 Å². The van der Waals surface area contributed by atoms with E-state index in [4.69, 9.17) is 13.6 Å². The second-order valence-corrected chi connectivity index (χ2v) is 18.6. The van der Waals surface area contributed by atoms with Crippen LogP contribution >= 0.6 is 0 Å². The van der Waals surface area contributed by atoms with Crippen LogP contribution in [0.1, 0.15) is 89.3 Å². The van der Waals surface area contributed by atoms with Crippen LogP contribution in [0.25, 0.3) is 5.57 Å². The van der Waals surface area contributed by atoms with E-state index in [1.807, 2.05) is 6.07 Å². The van der Waals surface area contributed by atoms with E-state index >= 15 is 0 Å². The van der Waals surface area contributed by atoms with E-state index in [9.17, 15) is 31.4 Å². The lowest BCUT2D eigenvalue weighted by Crippen LogP contribution is -2.55. The summed E-state index contributed by atoms with van der Waals surface area (Å²) in [6.07, 6.45) is -10.5. The number of halogens is 6. The minimum absolute atomic E-state index is 0.155. The Kier molecular flexibility index (Phi) is 14.0. The average Bonchev–Trinajstić information content (AvgIpc) is 2.93. The molecule has 0 spiro atoms. The highest BCUT2D eigenvalue weighted by molar-refractivity contribution is 6.48. The van der Waals surface area contributed by atoms with Crippen molar-refractivity contribution in [2.45, 2.75) is 118 Å². The predicted molar refractivity (Wildman–Crippen MR) is 183 cm³/mol. The first-order valence-electron chi connectivity index (χ1n) is 15.9. The molecule has 2 aromatic rings. The Labute approximate surface area is 285 Å². The summed E-state index contributed by atoms with van der Waals surface area (Å²) in [5, 5.41) is 9.43. The topological polar surface area (TPSA) is 47.9 Å². The fourth-order valence-corrected chi connectivity index (χ4v) is 6.99. The molecule has 0 aliphatic carbocycles. The molecule has 0 saturated heterocycles. The molecule has 0 aromatic heterocycles. The van der Waals surface area contributed by atoms with Gasteiger partial charge in [0.2, 0.25) is 18.1 Å². The highest BCUT2D eigenvalue weighted by Gasteiger charge is 2.68. The molecule has 2 aromatic carbocycles. The maximum absolute atomic E-state index is 13.1. The van der Waals surface area contributed by atoms with Gasteiger partial charge in [0.05, 0.1) is 12.2 Å². The number of rotatable bonds is 13. The van der Waals surface area contributed by atoms with Gasteiger partial charge in [0, 0.05) is 0 Å². The van der Waals surface area contributed by atoms with Gasteiger partial charge in [-0.2, -0.15) is 26.3 Å². The van der Waals surface area contributed by atoms with Crippen molar-refractivity contribution in [3.63, 3.8) is 0 Å². The molecule has 1 N–H and O–H groups in total. The van der Waals surface area contributed by atoms with Crippen LogP contribution in [-0.4, -0.2) is 41.1 Å². The van der Waals surface area contributed by atoms with Crippen LogP contribution in [-0.2, 0) is 15.5 Å². The second kappa shape index (κ2) is 16.1. The van der Waals surface area contributed by atoms with E-state index < -0.39 is 36.0 Å². The molecule has 2 rings (SSSR count). The molecule has 0 amide bonds. The number of allylic oxidation sites excluding steroid dienone is 3. The Bertz CT molecular complexity index is 1390. The largest absolute Gasteiger partial charge is 0.489 e. The zero-order chi connectivity index (χ0) is 36.9. The molecule has 0 bridgehead atoms. The summed E-state index contributed by atoms with van der Waals surface area (Å²) < 4.78 is 97.9.